The number of ether oxygens (including phenoxy) is 1. The summed E-state index contributed by atoms with van der Waals surface area (Å²) in [6, 6.07) is 16.8. The van der Waals surface area contributed by atoms with Crippen LogP contribution in [-0.2, 0) is 11.2 Å². The molecule has 2 aliphatic heterocycles. The first kappa shape index (κ1) is 19.6. The summed E-state index contributed by atoms with van der Waals surface area (Å²) in [6.45, 7) is 4.15. The predicted octanol–water partition coefficient (Wildman–Crippen LogP) is 3.48. The summed E-state index contributed by atoms with van der Waals surface area (Å²) in [6.07, 6.45) is 4.46. The molecule has 2 heterocycles. The summed E-state index contributed by atoms with van der Waals surface area (Å²) in [5.41, 5.74) is 3.73. The minimum atomic E-state index is 0.110. The zero-order valence-electron chi connectivity index (χ0n) is 17.3. The first-order valence-electron chi connectivity index (χ1n) is 10.7. The molecule has 0 bridgehead atoms. The Morgan fingerprint density at radius 1 is 1.14 bits per heavy atom. The van der Waals surface area contributed by atoms with Crippen LogP contribution in [0.15, 0.2) is 48.5 Å². The zero-order chi connectivity index (χ0) is 20.1. The van der Waals surface area contributed by atoms with Crippen molar-refractivity contribution in [3.8, 4) is 5.75 Å². The summed E-state index contributed by atoms with van der Waals surface area (Å²) < 4.78 is 5.40. The molecule has 2 aliphatic rings. The van der Waals surface area contributed by atoms with Crippen LogP contribution in [0.2, 0.25) is 0 Å². The van der Waals surface area contributed by atoms with Gasteiger partial charge in [0.25, 0.3) is 0 Å². The largest absolute Gasteiger partial charge is 0.497 e. The molecule has 154 valence electrons. The van der Waals surface area contributed by atoms with Crippen LogP contribution in [0.25, 0.3) is 0 Å². The summed E-state index contributed by atoms with van der Waals surface area (Å²) >= 11 is 0. The van der Waals surface area contributed by atoms with Gasteiger partial charge in [-0.25, -0.2) is 0 Å². The van der Waals surface area contributed by atoms with Crippen molar-refractivity contribution >= 4 is 17.3 Å². The van der Waals surface area contributed by atoms with E-state index in [1.54, 1.807) is 7.11 Å². The third-order valence-corrected chi connectivity index (χ3v) is 6.09. The second kappa shape index (κ2) is 9.21. The van der Waals surface area contributed by atoms with Crippen LogP contribution in [-0.4, -0.2) is 45.7 Å². The number of fused-ring (bicyclic) bond motifs is 1. The van der Waals surface area contributed by atoms with Gasteiger partial charge in [-0.2, -0.15) is 0 Å². The molecule has 1 saturated heterocycles. The Kier molecular flexibility index (Phi) is 6.23. The van der Waals surface area contributed by atoms with Gasteiger partial charge in [0, 0.05) is 43.6 Å². The van der Waals surface area contributed by atoms with Crippen LogP contribution < -0.4 is 19.9 Å². The number of amides is 1. The Hall–Kier alpha value is -2.69. The van der Waals surface area contributed by atoms with Gasteiger partial charge in [0.05, 0.1) is 13.7 Å². The fourth-order valence-electron chi connectivity index (χ4n) is 4.44. The molecule has 0 unspecified atom stereocenters. The van der Waals surface area contributed by atoms with E-state index in [4.69, 9.17) is 4.74 Å². The smallest absolute Gasteiger partial charge is 0.239 e. The Labute approximate surface area is 173 Å². The highest BCUT2D eigenvalue weighted by Gasteiger charge is 2.24. The molecular formula is C24H31N3O2. The first-order chi connectivity index (χ1) is 14.2. The van der Waals surface area contributed by atoms with Crippen LogP contribution in [0, 0.1) is 5.92 Å². The van der Waals surface area contributed by atoms with E-state index < -0.39 is 0 Å². The number of hydrogen-bond acceptors (Lipinski definition) is 4. The Balaban J connectivity index is 1.31. The van der Waals surface area contributed by atoms with Gasteiger partial charge in [0.2, 0.25) is 5.91 Å². The van der Waals surface area contributed by atoms with Crippen molar-refractivity contribution < 1.29 is 9.53 Å². The summed E-state index contributed by atoms with van der Waals surface area (Å²) in [5.74, 6) is 1.47. The highest BCUT2D eigenvalue weighted by atomic mass is 16.5. The average molecular weight is 394 g/mol. The Morgan fingerprint density at radius 3 is 2.83 bits per heavy atom. The highest BCUT2D eigenvalue weighted by Crippen LogP contribution is 2.30. The molecule has 2 aromatic rings. The van der Waals surface area contributed by atoms with Crippen molar-refractivity contribution in [1.82, 2.24) is 5.32 Å². The van der Waals surface area contributed by atoms with E-state index >= 15 is 0 Å². The standard InChI is InChI=1S/C24H31N3O2/c1-29-22-11-10-20-7-5-6-13-27(23(20)15-22)18-24(28)25-16-19-12-14-26(17-19)21-8-3-2-4-9-21/h2-4,8-11,15,19H,5-7,12-14,16-18H2,1H3,(H,25,28)/t19-/m0/s1. The number of carbonyl (C=O) groups is 1. The van der Waals surface area contributed by atoms with Gasteiger partial charge < -0.3 is 19.9 Å². The normalized spacial score (nSPS) is 18.9. The molecule has 1 amide bonds. The fraction of sp³-hybridized carbons (Fsp3) is 0.458. The number of nitrogens with one attached hydrogen (secondary N) is 1. The van der Waals surface area contributed by atoms with Crippen LogP contribution in [0.3, 0.4) is 0 Å². The predicted molar refractivity (Wildman–Crippen MR) is 118 cm³/mol. The minimum absolute atomic E-state index is 0.110. The molecule has 2 aromatic carbocycles. The van der Waals surface area contributed by atoms with E-state index in [9.17, 15) is 4.79 Å². The third kappa shape index (κ3) is 4.84. The van der Waals surface area contributed by atoms with Gasteiger partial charge in [-0.05, 0) is 55.4 Å². The molecule has 0 saturated carbocycles. The highest BCUT2D eigenvalue weighted by molar-refractivity contribution is 5.82. The van der Waals surface area contributed by atoms with Gasteiger partial charge in [-0.15, -0.1) is 0 Å². The van der Waals surface area contributed by atoms with Crippen LogP contribution in [0.4, 0.5) is 11.4 Å². The maximum absolute atomic E-state index is 12.7. The number of carbonyl (C=O) groups excluding carboxylic acids is 1. The van der Waals surface area contributed by atoms with Crippen LogP contribution in [0.1, 0.15) is 24.8 Å². The number of nitrogens with zero attached hydrogens (tertiary/aromatic N) is 2. The van der Waals surface area contributed by atoms with Gasteiger partial charge in [-0.3, -0.25) is 4.79 Å². The van der Waals surface area contributed by atoms with Crippen molar-refractivity contribution in [2.45, 2.75) is 25.7 Å². The molecule has 1 atom stereocenters. The number of para-hydroxylation sites is 1. The van der Waals surface area contributed by atoms with Crippen LogP contribution in [0.5, 0.6) is 5.75 Å². The van der Waals surface area contributed by atoms with E-state index in [-0.39, 0.29) is 5.91 Å². The molecule has 5 heteroatoms. The lowest BCUT2D eigenvalue weighted by molar-refractivity contribution is -0.119. The molecule has 4 rings (SSSR count). The van der Waals surface area contributed by atoms with E-state index in [0.717, 1.165) is 63.3 Å². The summed E-state index contributed by atoms with van der Waals surface area (Å²) in [5, 5.41) is 3.19. The van der Waals surface area contributed by atoms with E-state index in [2.05, 4.69) is 51.5 Å². The number of benzene rings is 2. The molecule has 0 spiro atoms. The number of hydrogen-bond donors (Lipinski definition) is 1. The molecule has 5 nitrogen and oxygen atoms in total. The molecule has 1 N–H and O–H groups in total. The van der Waals surface area contributed by atoms with Crippen LogP contribution >= 0.6 is 0 Å². The van der Waals surface area contributed by atoms with E-state index in [1.807, 2.05) is 12.1 Å². The molecule has 0 radical (unpaired) electrons. The topological polar surface area (TPSA) is 44.8 Å². The average Bonchev–Trinajstić information content (AvgIpc) is 3.15. The summed E-state index contributed by atoms with van der Waals surface area (Å²) in [7, 11) is 1.69. The Bertz CT molecular complexity index is 824. The third-order valence-electron chi connectivity index (χ3n) is 6.09. The monoisotopic (exact) mass is 393 g/mol. The SMILES string of the molecule is COc1ccc2c(c1)N(CC(=O)NC[C@@H]1CCN(c3ccccc3)C1)CCCC2. The second-order valence-corrected chi connectivity index (χ2v) is 8.11. The van der Waals surface area contributed by atoms with E-state index in [0.29, 0.717) is 12.5 Å². The zero-order valence-corrected chi connectivity index (χ0v) is 17.3. The minimum Gasteiger partial charge on any atom is -0.497 e. The fourth-order valence-corrected chi connectivity index (χ4v) is 4.44. The lowest BCUT2D eigenvalue weighted by atomic mass is 10.1. The van der Waals surface area contributed by atoms with Gasteiger partial charge in [-0.1, -0.05) is 24.3 Å². The van der Waals surface area contributed by atoms with Gasteiger partial charge in [0.1, 0.15) is 5.75 Å². The van der Waals surface area contributed by atoms with Crippen molar-refractivity contribution in [1.29, 1.82) is 0 Å². The van der Waals surface area contributed by atoms with Crippen molar-refractivity contribution in [3.63, 3.8) is 0 Å². The molecule has 0 aliphatic carbocycles. The number of rotatable bonds is 6. The van der Waals surface area contributed by atoms with E-state index in [1.165, 1.54) is 11.3 Å². The molecule has 29 heavy (non-hydrogen) atoms. The lowest BCUT2D eigenvalue weighted by Gasteiger charge is -2.25. The molecular weight excluding hydrogens is 362 g/mol. The summed E-state index contributed by atoms with van der Waals surface area (Å²) in [4.78, 5) is 17.3. The van der Waals surface area contributed by atoms with Gasteiger partial charge in [0.15, 0.2) is 0 Å². The Morgan fingerprint density at radius 2 is 2.00 bits per heavy atom. The lowest BCUT2D eigenvalue weighted by Crippen LogP contribution is -2.40. The maximum Gasteiger partial charge on any atom is 0.239 e. The first-order valence-corrected chi connectivity index (χ1v) is 10.7. The number of methoxy groups -OCH3 is 1. The van der Waals surface area contributed by atoms with Crippen molar-refractivity contribution in [2.75, 3.05) is 49.6 Å². The quantitative estimate of drug-likeness (QED) is 0.816. The molecule has 1 fully saturated rings. The van der Waals surface area contributed by atoms with Gasteiger partial charge >= 0.3 is 0 Å². The van der Waals surface area contributed by atoms with Crippen molar-refractivity contribution in [3.05, 3.63) is 54.1 Å². The maximum atomic E-state index is 12.7. The number of aryl methyl sites for hydroxylation is 1. The number of anilines is 2. The molecule has 0 aromatic heterocycles. The van der Waals surface area contributed by atoms with Crippen molar-refractivity contribution in [2.24, 2.45) is 5.92 Å². The second-order valence-electron chi connectivity index (χ2n) is 8.11.